The van der Waals surface area contributed by atoms with Crippen molar-refractivity contribution in [2.45, 2.75) is 39.0 Å². The summed E-state index contributed by atoms with van der Waals surface area (Å²) < 4.78 is 5.91. The van der Waals surface area contributed by atoms with Gasteiger partial charge in [0.1, 0.15) is 30.6 Å². The number of amides is 3. The number of rotatable bonds is 14. The Labute approximate surface area is 251 Å². The van der Waals surface area contributed by atoms with Gasteiger partial charge in [0.05, 0.1) is 19.9 Å². The van der Waals surface area contributed by atoms with Gasteiger partial charge in [-0.25, -0.2) is 19.1 Å². The van der Waals surface area contributed by atoms with Crippen molar-refractivity contribution in [2.75, 3.05) is 20.1 Å². The zero-order chi connectivity index (χ0) is 30.7. The van der Waals surface area contributed by atoms with Gasteiger partial charge in [0.25, 0.3) is 0 Å². The molecule has 0 saturated heterocycles. The van der Waals surface area contributed by atoms with E-state index >= 15 is 0 Å². The molecule has 0 fully saturated rings. The molecule has 0 radical (unpaired) electrons. The molecule has 0 aliphatic carbocycles. The lowest BCUT2D eigenvalue weighted by Crippen LogP contribution is -2.57. The van der Waals surface area contributed by atoms with Gasteiger partial charge in [0.2, 0.25) is 5.91 Å². The third kappa shape index (κ3) is 8.52. The molecule has 1 aromatic heterocycles. The van der Waals surface area contributed by atoms with Crippen molar-refractivity contribution in [1.29, 1.82) is 0 Å². The second-order valence-corrected chi connectivity index (χ2v) is 10.5. The molecule has 0 aliphatic heterocycles. The summed E-state index contributed by atoms with van der Waals surface area (Å²) >= 11 is 0. The number of nitrogens with one attached hydrogen (secondary N) is 2. The van der Waals surface area contributed by atoms with Crippen molar-refractivity contribution in [1.82, 2.24) is 24.7 Å². The van der Waals surface area contributed by atoms with Gasteiger partial charge in [-0.3, -0.25) is 4.79 Å². The highest BCUT2D eigenvalue weighted by Gasteiger charge is 2.37. The van der Waals surface area contributed by atoms with Crippen LogP contribution in [0.15, 0.2) is 97.5 Å². The first-order valence-electron chi connectivity index (χ1n) is 14.2. The first kappa shape index (κ1) is 31.0. The maximum Gasteiger partial charge on any atom is 0.405 e. The first-order valence-corrected chi connectivity index (χ1v) is 14.2. The standard InChI is InChI=1S/C33H37N5O5/c1-3-18-38(2,28-12-8-5-9-13-28)31(39)22-37(32(40)30(36-33(41)42)19-27-20-34-24-35-27)21-25-14-16-29(17-15-25)43-23-26-10-6-4-7-11-26/h4-17,20,24,30,36H,3,18-19,21-23H2,1-2H3,(H-,34,35,41,42)/p+1. The summed E-state index contributed by atoms with van der Waals surface area (Å²) in [6.07, 6.45) is 2.48. The summed E-state index contributed by atoms with van der Waals surface area (Å²) in [6.45, 7) is 2.86. The van der Waals surface area contributed by atoms with Crippen LogP contribution in [0.2, 0.25) is 0 Å². The fourth-order valence-corrected chi connectivity index (χ4v) is 4.97. The minimum Gasteiger partial charge on any atom is -0.489 e. The van der Waals surface area contributed by atoms with Gasteiger partial charge in [-0.2, -0.15) is 0 Å². The quantitative estimate of drug-likeness (QED) is 0.184. The number of aromatic amines is 1. The number of carbonyl (C=O) groups is 3. The second kappa shape index (κ2) is 14.8. The topological polar surface area (TPSA) is 125 Å². The molecule has 224 valence electrons. The normalized spacial score (nSPS) is 13.0. The average Bonchev–Trinajstić information content (AvgIpc) is 3.53. The molecule has 3 amide bonds. The molecule has 3 N–H and O–H groups in total. The van der Waals surface area contributed by atoms with Crippen molar-refractivity contribution < 1.29 is 24.2 Å². The molecule has 2 atom stereocenters. The Bertz CT molecular complexity index is 1460. The van der Waals surface area contributed by atoms with Gasteiger partial charge < -0.3 is 25.0 Å². The highest BCUT2D eigenvalue weighted by Crippen LogP contribution is 2.23. The van der Waals surface area contributed by atoms with Gasteiger partial charge in [0, 0.05) is 24.9 Å². The van der Waals surface area contributed by atoms with Crippen LogP contribution in [0.25, 0.3) is 0 Å². The van der Waals surface area contributed by atoms with Gasteiger partial charge in [-0.05, 0) is 41.8 Å². The monoisotopic (exact) mass is 584 g/mol. The molecule has 0 spiro atoms. The molecule has 2 unspecified atom stereocenters. The third-order valence-electron chi connectivity index (χ3n) is 7.30. The smallest absolute Gasteiger partial charge is 0.405 e. The maximum absolute atomic E-state index is 14.0. The Morgan fingerprint density at radius 2 is 1.65 bits per heavy atom. The summed E-state index contributed by atoms with van der Waals surface area (Å²) in [5.41, 5.74) is 3.23. The zero-order valence-electron chi connectivity index (χ0n) is 24.5. The van der Waals surface area contributed by atoms with Crippen LogP contribution in [-0.2, 0) is 29.2 Å². The number of aromatic nitrogens is 2. The van der Waals surface area contributed by atoms with E-state index < -0.39 is 18.0 Å². The Morgan fingerprint density at radius 3 is 2.26 bits per heavy atom. The summed E-state index contributed by atoms with van der Waals surface area (Å²) in [7, 11) is 1.85. The van der Waals surface area contributed by atoms with Crippen LogP contribution < -0.4 is 14.5 Å². The largest absolute Gasteiger partial charge is 0.489 e. The SMILES string of the molecule is CCC[N+](C)(C(=O)CN(Cc1ccc(OCc2ccccc2)cc1)C(=O)C(Cc1cnc[nH]1)NC(=O)O)c1ccccc1. The van der Waals surface area contributed by atoms with Crippen LogP contribution in [0, 0.1) is 0 Å². The molecule has 3 aromatic carbocycles. The van der Waals surface area contributed by atoms with Crippen molar-refractivity contribution in [3.63, 3.8) is 0 Å². The molecule has 43 heavy (non-hydrogen) atoms. The lowest BCUT2D eigenvalue weighted by molar-refractivity contribution is -0.141. The van der Waals surface area contributed by atoms with E-state index in [9.17, 15) is 19.5 Å². The molecular weight excluding hydrogens is 546 g/mol. The van der Waals surface area contributed by atoms with E-state index in [4.69, 9.17) is 4.74 Å². The summed E-state index contributed by atoms with van der Waals surface area (Å²) in [5, 5.41) is 11.9. The predicted molar refractivity (Wildman–Crippen MR) is 164 cm³/mol. The minimum atomic E-state index is -1.33. The number of nitrogens with zero attached hydrogens (tertiary/aromatic N) is 3. The van der Waals surface area contributed by atoms with E-state index in [1.54, 1.807) is 0 Å². The number of likely N-dealkylation sites (N-methyl/N-ethyl adjacent to an activating group) is 1. The molecule has 4 aromatic rings. The molecule has 10 nitrogen and oxygen atoms in total. The van der Waals surface area contributed by atoms with Gasteiger partial charge in [-0.15, -0.1) is 0 Å². The summed E-state index contributed by atoms with van der Waals surface area (Å²) in [5.74, 6) is -0.0202. The fourth-order valence-electron chi connectivity index (χ4n) is 4.97. The Kier molecular flexibility index (Phi) is 10.7. The average molecular weight is 585 g/mol. The highest BCUT2D eigenvalue weighted by molar-refractivity contribution is 5.94. The molecule has 1 heterocycles. The number of benzene rings is 3. The predicted octanol–water partition coefficient (Wildman–Crippen LogP) is 4.77. The third-order valence-corrected chi connectivity index (χ3v) is 7.30. The number of quaternary nitrogens is 1. The first-order chi connectivity index (χ1) is 20.8. The number of para-hydroxylation sites is 1. The van der Waals surface area contributed by atoms with Crippen LogP contribution >= 0.6 is 0 Å². The van der Waals surface area contributed by atoms with E-state index in [2.05, 4.69) is 15.3 Å². The summed E-state index contributed by atoms with van der Waals surface area (Å²) in [6, 6.07) is 25.5. The van der Waals surface area contributed by atoms with Gasteiger partial charge in [-0.1, -0.05) is 67.6 Å². The van der Waals surface area contributed by atoms with E-state index in [0.29, 0.717) is 24.6 Å². The van der Waals surface area contributed by atoms with Crippen molar-refractivity contribution in [3.8, 4) is 5.75 Å². The number of carboxylic acid groups (broad SMARTS) is 1. The van der Waals surface area contributed by atoms with Crippen LogP contribution in [0.4, 0.5) is 10.5 Å². The van der Waals surface area contributed by atoms with E-state index in [1.807, 2.05) is 98.9 Å². The number of hydrogen-bond donors (Lipinski definition) is 3. The molecule has 4 rings (SSSR count). The van der Waals surface area contributed by atoms with Crippen molar-refractivity contribution >= 4 is 23.6 Å². The molecule has 0 saturated carbocycles. The van der Waals surface area contributed by atoms with Crippen LogP contribution in [-0.4, -0.2) is 64.1 Å². The minimum absolute atomic E-state index is 0.00492. The zero-order valence-corrected chi connectivity index (χ0v) is 24.5. The Balaban J connectivity index is 1.58. The highest BCUT2D eigenvalue weighted by atomic mass is 16.5. The Morgan fingerprint density at radius 1 is 0.977 bits per heavy atom. The summed E-state index contributed by atoms with van der Waals surface area (Å²) in [4.78, 5) is 48.0. The molecule has 0 aliphatic rings. The number of carbonyl (C=O) groups excluding carboxylic acids is 2. The lowest BCUT2D eigenvalue weighted by atomic mass is 10.1. The van der Waals surface area contributed by atoms with Gasteiger partial charge in [0.15, 0.2) is 0 Å². The van der Waals surface area contributed by atoms with Gasteiger partial charge >= 0.3 is 12.0 Å². The maximum atomic E-state index is 14.0. The van der Waals surface area contributed by atoms with Crippen molar-refractivity contribution in [3.05, 3.63) is 114 Å². The molecular formula is C33H38N5O5+. The number of H-pyrrole nitrogens is 1. The van der Waals surface area contributed by atoms with Crippen molar-refractivity contribution in [2.24, 2.45) is 0 Å². The van der Waals surface area contributed by atoms with E-state index in [1.165, 1.54) is 17.4 Å². The van der Waals surface area contributed by atoms with Crippen LogP contribution in [0.5, 0.6) is 5.75 Å². The molecule has 10 heteroatoms. The van der Waals surface area contributed by atoms with E-state index in [0.717, 1.165) is 23.2 Å². The Hall–Kier alpha value is -4.96. The lowest BCUT2D eigenvalue weighted by Gasteiger charge is -2.34. The van der Waals surface area contributed by atoms with Crippen LogP contribution in [0.3, 0.4) is 0 Å². The number of ether oxygens (including phenoxy) is 1. The number of imidazole rings is 1. The second-order valence-electron chi connectivity index (χ2n) is 10.5. The molecule has 0 bridgehead atoms. The fraction of sp³-hybridized carbons (Fsp3) is 0.273. The number of hydrogen-bond acceptors (Lipinski definition) is 5. The van der Waals surface area contributed by atoms with Crippen LogP contribution in [0.1, 0.15) is 30.2 Å². The van der Waals surface area contributed by atoms with E-state index in [-0.39, 0.29) is 29.9 Å².